The van der Waals surface area contributed by atoms with Crippen molar-refractivity contribution in [3.05, 3.63) is 11.6 Å². The molecule has 2 aromatic rings. The van der Waals surface area contributed by atoms with E-state index >= 15 is 0 Å². The van der Waals surface area contributed by atoms with Gasteiger partial charge in [0, 0.05) is 19.1 Å². The van der Waals surface area contributed by atoms with Crippen molar-refractivity contribution in [2.24, 2.45) is 0 Å². The minimum atomic E-state index is -4.41. The van der Waals surface area contributed by atoms with Crippen LogP contribution >= 0.6 is 19.2 Å². The van der Waals surface area contributed by atoms with Gasteiger partial charge in [-0.05, 0) is 44.2 Å². The second kappa shape index (κ2) is 9.61. The molecule has 2 atom stereocenters. The molecule has 2 unspecified atom stereocenters. The maximum absolute atomic E-state index is 12.2. The van der Waals surface area contributed by atoms with Crippen LogP contribution in [0, 0.1) is 0 Å². The summed E-state index contributed by atoms with van der Waals surface area (Å²) in [7, 11) is -4.41. The van der Waals surface area contributed by atoms with Crippen molar-refractivity contribution >= 4 is 42.1 Å². The smallest absolute Gasteiger partial charge is 0.334 e. The lowest BCUT2D eigenvalue weighted by molar-refractivity contribution is -0.130. The number of ether oxygens (including phenoxy) is 1. The Bertz CT molecular complexity index is 1020. The zero-order chi connectivity index (χ0) is 22.9. The van der Waals surface area contributed by atoms with Crippen molar-refractivity contribution < 1.29 is 23.9 Å². The van der Waals surface area contributed by atoms with Gasteiger partial charge in [-0.2, -0.15) is 9.97 Å². The van der Waals surface area contributed by atoms with Crippen molar-refractivity contribution in [3.8, 4) is 0 Å². The van der Waals surface area contributed by atoms with Gasteiger partial charge >= 0.3 is 7.60 Å². The first-order valence-corrected chi connectivity index (χ1v) is 13.1. The molecule has 1 saturated carbocycles. The van der Waals surface area contributed by atoms with Crippen molar-refractivity contribution in [2.75, 3.05) is 24.6 Å². The van der Waals surface area contributed by atoms with Crippen LogP contribution in [0.5, 0.6) is 0 Å². The van der Waals surface area contributed by atoms with E-state index in [0.717, 1.165) is 12.8 Å². The van der Waals surface area contributed by atoms with Crippen LogP contribution in [-0.4, -0.2) is 71.5 Å². The first-order chi connectivity index (χ1) is 15.2. The normalized spacial score (nSPS) is 22.0. The number of nitrogens with one attached hydrogen (secondary N) is 1. The summed E-state index contributed by atoms with van der Waals surface area (Å²) < 4.78 is 19.2. The van der Waals surface area contributed by atoms with Crippen LogP contribution in [0.2, 0.25) is 5.28 Å². The van der Waals surface area contributed by atoms with E-state index in [1.807, 2.05) is 4.57 Å². The fourth-order valence-corrected chi connectivity index (χ4v) is 5.14. The average molecular weight is 487 g/mol. The van der Waals surface area contributed by atoms with Crippen molar-refractivity contribution in [3.63, 3.8) is 0 Å². The molecule has 1 aliphatic carbocycles. The van der Waals surface area contributed by atoms with Gasteiger partial charge in [-0.1, -0.05) is 12.8 Å². The standard InChI is InChI=1S/C19H28ClN6O5P/c1-2-25(14(27)10-32(28,29)30)9-13-7-8-15(31-13)26-11-21-16-17(22-12-5-3-4-6-12)23-19(20)24-18(16)26/h11-13,15H,2-10H2,1H3,(H,22,23,24)(H2,28,29,30). The fourth-order valence-electron chi connectivity index (χ4n) is 4.42. The van der Waals surface area contributed by atoms with Crippen LogP contribution in [0.15, 0.2) is 6.33 Å². The second-order valence-electron chi connectivity index (χ2n) is 8.34. The maximum atomic E-state index is 12.2. The molecule has 32 heavy (non-hydrogen) atoms. The molecule has 1 amide bonds. The highest BCUT2D eigenvalue weighted by atomic mass is 35.5. The van der Waals surface area contributed by atoms with Crippen LogP contribution in [0.1, 0.15) is 51.7 Å². The third-order valence-electron chi connectivity index (χ3n) is 5.99. The number of imidazole rings is 1. The Morgan fingerprint density at radius 2 is 2.06 bits per heavy atom. The highest BCUT2D eigenvalue weighted by molar-refractivity contribution is 7.52. The monoisotopic (exact) mass is 486 g/mol. The number of aromatic nitrogens is 4. The number of carbonyl (C=O) groups is 1. The highest BCUT2D eigenvalue weighted by Crippen LogP contribution is 2.35. The summed E-state index contributed by atoms with van der Waals surface area (Å²) in [6.45, 7) is 2.38. The average Bonchev–Trinajstić information content (AvgIpc) is 3.45. The lowest BCUT2D eigenvalue weighted by Gasteiger charge is -2.25. The van der Waals surface area contributed by atoms with Gasteiger partial charge in [0.05, 0.1) is 12.4 Å². The number of likely N-dealkylation sites (N-methyl/N-ethyl adjacent to an activating group) is 1. The molecular weight excluding hydrogens is 459 g/mol. The molecule has 0 bridgehead atoms. The van der Waals surface area contributed by atoms with Crippen molar-refractivity contribution in [1.29, 1.82) is 0 Å². The third kappa shape index (κ3) is 5.40. The topological polar surface area (TPSA) is 143 Å². The molecule has 0 aromatic carbocycles. The Kier molecular flexibility index (Phi) is 7.02. The summed E-state index contributed by atoms with van der Waals surface area (Å²) >= 11 is 6.20. The summed E-state index contributed by atoms with van der Waals surface area (Å²) in [6.07, 6.45) is 6.22. The van der Waals surface area contributed by atoms with E-state index in [2.05, 4.69) is 20.3 Å². The van der Waals surface area contributed by atoms with E-state index in [1.54, 1.807) is 13.3 Å². The molecule has 3 N–H and O–H groups in total. The van der Waals surface area contributed by atoms with Gasteiger partial charge in [0.1, 0.15) is 12.4 Å². The van der Waals surface area contributed by atoms with Crippen LogP contribution < -0.4 is 5.32 Å². The summed E-state index contributed by atoms with van der Waals surface area (Å²) in [4.78, 5) is 45.0. The number of nitrogens with zero attached hydrogens (tertiary/aromatic N) is 5. The minimum absolute atomic E-state index is 0.134. The Hall–Kier alpha value is -1.78. The van der Waals surface area contributed by atoms with Crippen LogP contribution in [0.3, 0.4) is 0 Å². The molecular formula is C19H28ClN6O5P. The molecule has 0 radical (unpaired) electrons. The predicted octanol–water partition coefficient (Wildman–Crippen LogP) is 2.54. The molecule has 13 heteroatoms. The Morgan fingerprint density at radius 1 is 1.31 bits per heavy atom. The lowest BCUT2D eigenvalue weighted by Crippen LogP contribution is -2.38. The molecule has 1 saturated heterocycles. The molecule has 176 valence electrons. The molecule has 11 nitrogen and oxygen atoms in total. The van der Waals surface area contributed by atoms with Gasteiger partial charge in [0.2, 0.25) is 11.2 Å². The van der Waals surface area contributed by atoms with Crippen LogP contribution in [0.25, 0.3) is 11.2 Å². The summed E-state index contributed by atoms with van der Waals surface area (Å²) in [5.74, 6) is 0.0449. The predicted molar refractivity (Wildman–Crippen MR) is 119 cm³/mol. The molecule has 3 heterocycles. The number of carbonyl (C=O) groups excluding carboxylic acids is 1. The molecule has 2 aromatic heterocycles. The lowest BCUT2D eigenvalue weighted by atomic mass is 10.2. The third-order valence-corrected chi connectivity index (χ3v) is 6.84. The second-order valence-corrected chi connectivity index (χ2v) is 10.3. The molecule has 4 rings (SSSR count). The number of fused-ring (bicyclic) bond motifs is 1. The summed E-state index contributed by atoms with van der Waals surface area (Å²) in [5, 5.41) is 3.58. The maximum Gasteiger partial charge on any atom is 0.334 e. The number of hydrogen-bond acceptors (Lipinski definition) is 7. The van der Waals surface area contributed by atoms with Gasteiger partial charge in [-0.15, -0.1) is 0 Å². The van der Waals surface area contributed by atoms with Crippen LogP contribution in [-0.2, 0) is 14.1 Å². The Balaban J connectivity index is 1.46. The molecule has 2 fully saturated rings. The van der Waals surface area contributed by atoms with E-state index in [0.29, 0.717) is 42.4 Å². The summed E-state index contributed by atoms with van der Waals surface area (Å²) in [6, 6.07) is 0.354. The first-order valence-electron chi connectivity index (χ1n) is 10.9. The van der Waals surface area contributed by atoms with Gasteiger partial charge in [-0.3, -0.25) is 13.9 Å². The Labute approximate surface area is 190 Å². The molecule has 1 aliphatic heterocycles. The quantitative estimate of drug-likeness (QED) is 0.378. The van der Waals surface area contributed by atoms with E-state index < -0.39 is 19.7 Å². The molecule has 0 spiro atoms. The number of anilines is 1. The zero-order valence-corrected chi connectivity index (χ0v) is 19.5. The van der Waals surface area contributed by atoms with E-state index in [4.69, 9.17) is 26.1 Å². The number of hydrogen-bond donors (Lipinski definition) is 3. The number of rotatable bonds is 8. The number of amides is 1. The highest BCUT2D eigenvalue weighted by Gasteiger charge is 2.32. The minimum Gasteiger partial charge on any atom is -0.365 e. The first kappa shape index (κ1) is 23.4. The van der Waals surface area contributed by atoms with Gasteiger partial charge in [0.25, 0.3) is 0 Å². The van der Waals surface area contributed by atoms with Crippen molar-refractivity contribution in [2.45, 2.75) is 63.8 Å². The van der Waals surface area contributed by atoms with Crippen LogP contribution in [0.4, 0.5) is 5.82 Å². The number of halogens is 1. The molecule has 2 aliphatic rings. The van der Waals surface area contributed by atoms with E-state index in [-0.39, 0.29) is 24.2 Å². The fraction of sp³-hybridized carbons (Fsp3) is 0.684. The van der Waals surface area contributed by atoms with E-state index in [9.17, 15) is 9.36 Å². The zero-order valence-electron chi connectivity index (χ0n) is 17.9. The van der Waals surface area contributed by atoms with E-state index in [1.165, 1.54) is 17.7 Å². The Morgan fingerprint density at radius 3 is 2.75 bits per heavy atom. The largest absolute Gasteiger partial charge is 0.365 e. The van der Waals surface area contributed by atoms with Gasteiger partial charge in [-0.25, -0.2) is 4.98 Å². The summed E-state index contributed by atoms with van der Waals surface area (Å²) in [5.41, 5.74) is 1.22. The van der Waals surface area contributed by atoms with Gasteiger partial charge in [0.15, 0.2) is 17.0 Å². The van der Waals surface area contributed by atoms with Crippen molar-refractivity contribution in [1.82, 2.24) is 24.4 Å². The SMILES string of the molecule is CCN(CC1CCC(n2cnc3c(NC4CCCC4)nc(Cl)nc32)O1)C(=O)CP(=O)(O)O. The van der Waals surface area contributed by atoms with Gasteiger partial charge < -0.3 is 24.7 Å².